The second-order valence-corrected chi connectivity index (χ2v) is 4.67. The van der Waals surface area contributed by atoms with E-state index in [1.54, 1.807) is 0 Å². The van der Waals surface area contributed by atoms with Crippen LogP contribution in [-0.4, -0.2) is 41.4 Å². The number of nitrogens with zero attached hydrogens (tertiary/aromatic N) is 2. The van der Waals surface area contributed by atoms with E-state index in [0.29, 0.717) is 12.1 Å². The lowest BCUT2D eigenvalue weighted by molar-refractivity contribution is 0.255. The van der Waals surface area contributed by atoms with Crippen molar-refractivity contribution in [3.05, 3.63) is 0 Å². The van der Waals surface area contributed by atoms with Crippen LogP contribution in [0.4, 0.5) is 0 Å². The van der Waals surface area contributed by atoms with Crippen molar-refractivity contribution in [1.82, 2.24) is 9.21 Å². The summed E-state index contributed by atoms with van der Waals surface area (Å²) in [6.07, 6.45) is 1.20. The average molecular weight is 239 g/mol. The zero-order valence-corrected chi connectivity index (χ0v) is 10.9. The van der Waals surface area contributed by atoms with Crippen LogP contribution in [0.1, 0.15) is 20.3 Å². The highest BCUT2D eigenvalue weighted by molar-refractivity contribution is 7.92. The van der Waals surface area contributed by atoms with E-state index in [0.717, 1.165) is 6.54 Å². The van der Waals surface area contributed by atoms with Crippen molar-refractivity contribution < 1.29 is 4.28 Å². The van der Waals surface area contributed by atoms with Gasteiger partial charge in [0.1, 0.15) is 12.2 Å². The van der Waals surface area contributed by atoms with Crippen molar-refractivity contribution in [2.75, 3.05) is 20.1 Å². The van der Waals surface area contributed by atoms with Gasteiger partial charge in [-0.2, -0.15) is 13.5 Å². The third kappa shape index (κ3) is 3.96. The van der Waals surface area contributed by atoms with Crippen molar-refractivity contribution in [2.45, 2.75) is 32.4 Å². The van der Waals surface area contributed by atoms with E-state index >= 15 is 0 Å². The van der Waals surface area contributed by atoms with Gasteiger partial charge in [-0.25, -0.2) is 14.5 Å². The van der Waals surface area contributed by atoms with Gasteiger partial charge in [-0.15, -0.1) is 0 Å². The first-order valence-corrected chi connectivity index (χ1v) is 5.35. The van der Waals surface area contributed by atoms with Crippen LogP contribution in [0.3, 0.4) is 0 Å². The van der Waals surface area contributed by atoms with Crippen molar-refractivity contribution >= 4 is 25.7 Å². The lowest BCUT2D eigenvalue weighted by atomic mass is 10.3. The van der Waals surface area contributed by atoms with E-state index in [2.05, 4.69) is 27.3 Å². The summed E-state index contributed by atoms with van der Waals surface area (Å²) < 4.78 is 6.62. The first-order valence-electron chi connectivity index (χ1n) is 4.65. The molecule has 2 N–H and O–H groups in total. The summed E-state index contributed by atoms with van der Waals surface area (Å²) in [5.41, 5.74) is 0. The molecule has 86 valence electrons. The third-order valence-corrected chi connectivity index (χ3v) is 3.22. The molecule has 1 atom stereocenters. The third-order valence-electron chi connectivity index (χ3n) is 2.60. The molecule has 1 rings (SSSR count). The van der Waals surface area contributed by atoms with Gasteiger partial charge >= 0.3 is 0 Å². The van der Waals surface area contributed by atoms with Gasteiger partial charge in [-0.3, -0.25) is 4.90 Å². The SMILES string of the molecule is CC(C)N1CCC(N(C)SON)C1.S. The van der Waals surface area contributed by atoms with Crippen LogP contribution in [0.2, 0.25) is 0 Å². The van der Waals surface area contributed by atoms with Crippen LogP contribution in [0.25, 0.3) is 0 Å². The number of likely N-dealkylation sites (tertiary alicyclic amines) is 1. The van der Waals surface area contributed by atoms with Gasteiger partial charge in [-0.05, 0) is 20.3 Å². The maximum atomic E-state index is 5.00. The summed E-state index contributed by atoms with van der Waals surface area (Å²) in [7, 11) is 2.02. The molecule has 1 saturated heterocycles. The minimum atomic E-state index is 0. The lowest BCUT2D eigenvalue weighted by Gasteiger charge is -2.23. The Morgan fingerprint density at radius 2 is 2.21 bits per heavy atom. The van der Waals surface area contributed by atoms with E-state index in [9.17, 15) is 0 Å². The Morgan fingerprint density at radius 1 is 1.57 bits per heavy atom. The highest BCUT2D eigenvalue weighted by Crippen LogP contribution is 2.21. The van der Waals surface area contributed by atoms with Gasteiger partial charge in [0.15, 0.2) is 0 Å². The molecule has 0 amide bonds. The molecule has 0 bridgehead atoms. The Kier molecular flexibility index (Phi) is 7.19. The molecule has 14 heavy (non-hydrogen) atoms. The highest BCUT2D eigenvalue weighted by atomic mass is 32.2. The zero-order chi connectivity index (χ0) is 9.84. The molecule has 0 aromatic rings. The molecule has 1 aliphatic rings. The first-order chi connectivity index (χ1) is 6.15. The summed E-state index contributed by atoms with van der Waals surface area (Å²) in [6, 6.07) is 1.21. The van der Waals surface area contributed by atoms with Gasteiger partial charge in [0.25, 0.3) is 0 Å². The molecule has 4 nitrogen and oxygen atoms in total. The molecule has 0 spiro atoms. The second kappa shape index (κ2) is 6.92. The minimum absolute atomic E-state index is 0. The maximum Gasteiger partial charge on any atom is 0.104 e. The van der Waals surface area contributed by atoms with Crippen LogP contribution >= 0.6 is 25.7 Å². The van der Waals surface area contributed by atoms with Crippen LogP contribution in [0, 0.1) is 0 Å². The van der Waals surface area contributed by atoms with Crippen LogP contribution in [0.15, 0.2) is 0 Å². The molecule has 1 heterocycles. The van der Waals surface area contributed by atoms with Crippen LogP contribution < -0.4 is 5.90 Å². The summed E-state index contributed by atoms with van der Waals surface area (Å²) >= 11 is 1.23. The van der Waals surface area contributed by atoms with E-state index in [1.165, 1.54) is 25.2 Å². The minimum Gasteiger partial charge on any atom is -0.299 e. The van der Waals surface area contributed by atoms with Crippen molar-refractivity contribution in [2.24, 2.45) is 5.90 Å². The van der Waals surface area contributed by atoms with Crippen molar-refractivity contribution in [1.29, 1.82) is 0 Å². The molecule has 1 aliphatic heterocycles. The molecule has 1 unspecified atom stereocenters. The van der Waals surface area contributed by atoms with E-state index in [1.807, 2.05) is 7.05 Å². The van der Waals surface area contributed by atoms with E-state index in [-0.39, 0.29) is 13.5 Å². The number of nitrogens with two attached hydrogens (primary N) is 1. The number of likely N-dealkylation sites (N-methyl/N-ethyl adjacent to an activating group) is 1. The Morgan fingerprint density at radius 3 is 2.64 bits per heavy atom. The van der Waals surface area contributed by atoms with E-state index < -0.39 is 0 Å². The fourth-order valence-electron chi connectivity index (χ4n) is 1.66. The summed E-state index contributed by atoms with van der Waals surface area (Å²) in [5.74, 6) is 5.00. The Labute approximate surface area is 97.9 Å². The standard InChI is InChI=1S/C8H19N3OS.H2S/c1-7(2)11-5-4-8(6-11)10(3)13-12-9;/h7-8H,4-6,9H2,1-3H3;1H2. The first kappa shape index (κ1) is 14.5. The highest BCUT2D eigenvalue weighted by Gasteiger charge is 2.27. The fraction of sp³-hybridized carbons (Fsp3) is 1.00. The Bertz CT molecular complexity index is 160. The molecule has 0 saturated carbocycles. The normalized spacial score (nSPS) is 23.1. The van der Waals surface area contributed by atoms with Gasteiger partial charge in [0.05, 0.1) is 0 Å². The Hall–Kier alpha value is 0.540. The molecule has 0 radical (unpaired) electrons. The molecule has 0 aromatic heterocycles. The predicted molar refractivity (Wildman–Crippen MR) is 66.1 cm³/mol. The number of hydrogen-bond donors (Lipinski definition) is 1. The molecule has 1 fully saturated rings. The van der Waals surface area contributed by atoms with Gasteiger partial charge < -0.3 is 0 Å². The Balaban J connectivity index is 0.00000169. The number of hydrogen-bond acceptors (Lipinski definition) is 5. The van der Waals surface area contributed by atoms with Gasteiger partial charge in [0, 0.05) is 32.2 Å². The summed E-state index contributed by atoms with van der Waals surface area (Å²) in [4.78, 5) is 2.47. The number of rotatable bonds is 4. The van der Waals surface area contributed by atoms with Crippen LogP contribution in [-0.2, 0) is 4.28 Å². The predicted octanol–water partition coefficient (Wildman–Crippen LogP) is 0.967. The molecular formula is C8H21N3OS2. The molecule has 6 heteroatoms. The monoisotopic (exact) mass is 239 g/mol. The molecule has 0 aromatic carbocycles. The summed E-state index contributed by atoms with van der Waals surface area (Å²) in [5, 5.41) is 0. The average Bonchev–Trinajstić information content (AvgIpc) is 2.52. The van der Waals surface area contributed by atoms with Crippen molar-refractivity contribution in [3.8, 4) is 0 Å². The van der Waals surface area contributed by atoms with Gasteiger partial charge in [0.2, 0.25) is 0 Å². The molecular weight excluding hydrogens is 218 g/mol. The van der Waals surface area contributed by atoms with E-state index in [4.69, 9.17) is 5.90 Å². The topological polar surface area (TPSA) is 41.7 Å². The quantitative estimate of drug-likeness (QED) is 0.450. The summed E-state index contributed by atoms with van der Waals surface area (Å²) in [6.45, 7) is 6.76. The van der Waals surface area contributed by atoms with Gasteiger partial charge in [-0.1, -0.05) is 0 Å². The molecule has 0 aliphatic carbocycles. The maximum absolute atomic E-state index is 5.00. The second-order valence-electron chi connectivity index (χ2n) is 3.75. The lowest BCUT2D eigenvalue weighted by Crippen LogP contribution is -2.33. The zero-order valence-electron chi connectivity index (χ0n) is 9.06. The fourth-order valence-corrected chi connectivity index (χ4v) is 2.09. The largest absolute Gasteiger partial charge is 0.299 e. The van der Waals surface area contributed by atoms with Crippen LogP contribution in [0.5, 0.6) is 0 Å². The van der Waals surface area contributed by atoms with Crippen molar-refractivity contribution in [3.63, 3.8) is 0 Å². The smallest absolute Gasteiger partial charge is 0.104 e.